The quantitative estimate of drug-likeness (QED) is 0.739. The second kappa shape index (κ2) is 6.56. The minimum Gasteiger partial charge on any atom is -0.454 e. The lowest BCUT2D eigenvalue weighted by Crippen LogP contribution is -1.93. The van der Waals surface area contributed by atoms with Gasteiger partial charge < -0.3 is 14.8 Å². The Bertz CT molecular complexity index is 759. The van der Waals surface area contributed by atoms with Gasteiger partial charge in [-0.15, -0.1) is 23.7 Å². The summed E-state index contributed by atoms with van der Waals surface area (Å²) in [7, 11) is 0. The minimum atomic E-state index is 0. The summed E-state index contributed by atoms with van der Waals surface area (Å²) in [6.07, 6.45) is 0.878. The number of rotatable bonds is 4. The van der Waals surface area contributed by atoms with E-state index >= 15 is 0 Å². The third-order valence-corrected chi connectivity index (χ3v) is 4.68. The predicted molar refractivity (Wildman–Crippen MR) is 92.3 cm³/mol. The number of anilines is 2. The van der Waals surface area contributed by atoms with Crippen molar-refractivity contribution in [2.24, 2.45) is 0 Å². The van der Waals surface area contributed by atoms with Crippen molar-refractivity contribution in [2.45, 2.75) is 6.42 Å². The van der Waals surface area contributed by atoms with Gasteiger partial charge in [0, 0.05) is 23.6 Å². The van der Waals surface area contributed by atoms with Crippen LogP contribution in [0.5, 0.6) is 11.5 Å². The Kier molecular flexibility index (Phi) is 4.52. The highest BCUT2D eigenvalue weighted by Crippen LogP contribution is 2.35. The van der Waals surface area contributed by atoms with Crippen LogP contribution in [-0.4, -0.2) is 11.8 Å². The van der Waals surface area contributed by atoms with E-state index in [4.69, 9.17) is 9.47 Å². The maximum atomic E-state index is 5.37. The first-order chi connectivity index (χ1) is 10.4. The van der Waals surface area contributed by atoms with Gasteiger partial charge in [-0.2, -0.15) is 11.3 Å². The number of nitrogens with one attached hydrogen (secondary N) is 1. The molecule has 1 aliphatic heterocycles. The molecule has 22 heavy (non-hydrogen) atoms. The van der Waals surface area contributed by atoms with E-state index in [2.05, 4.69) is 32.5 Å². The Labute approximate surface area is 142 Å². The molecular weight excluding hydrogens is 340 g/mol. The molecule has 1 aliphatic rings. The average molecular weight is 353 g/mol. The molecule has 0 amide bonds. The van der Waals surface area contributed by atoms with Crippen LogP contribution in [0.3, 0.4) is 0 Å². The van der Waals surface area contributed by atoms with Crippen molar-refractivity contribution in [3.05, 3.63) is 51.7 Å². The van der Waals surface area contributed by atoms with E-state index in [1.165, 1.54) is 5.56 Å². The molecule has 1 N–H and O–H groups in total. The highest BCUT2D eigenvalue weighted by atomic mass is 35.5. The molecule has 1 aromatic carbocycles. The number of ether oxygens (including phenoxy) is 2. The fraction of sp³-hybridized carbons (Fsp3) is 0.133. The number of aromatic nitrogens is 1. The molecule has 0 aliphatic carbocycles. The van der Waals surface area contributed by atoms with Gasteiger partial charge in [0.25, 0.3) is 0 Å². The van der Waals surface area contributed by atoms with Crippen LogP contribution in [0.1, 0.15) is 11.3 Å². The minimum absolute atomic E-state index is 0. The standard InChI is InChI=1S/C15H12N2O2S2.ClH/c1-2-13-14(19-9-18-13)6-11(1)16-15-17-12(8-21-15)5-10-3-4-20-7-10;/h1-4,6-8H,5,9H2,(H,16,17);1H. The van der Waals surface area contributed by atoms with E-state index in [1.54, 1.807) is 22.7 Å². The lowest BCUT2D eigenvalue weighted by molar-refractivity contribution is 0.174. The second-order valence-electron chi connectivity index (χ2n) is 4.65. The molecule has 0 radical (unpaired) electrons. The molecule has 0 spiro atoms. The number of benzene rings is 1. The monoisotopic (exact) mass is 352 g/mol. The maximum absolute atomic E-state index is 5.37. The summed E-state index contributed by atoms with van der Waals surface area (Å²) in [4.78, 5) is 4.61. The van der Waals surface area contributed by atoms with E-state index in [0.29, 0.717) is 6.79 Å². The molecule has 2 aromatic heterocycles. The normalized spacial score (nSPS) is 12.0. The largest absolute Gasteiger partial charge is 0.454 e. The molecule has 0 saturated carbocycles. The van der Waals surface area contributed by atoms with Crippen molar-refractivity contribution >= 4 is 45.9 Å². The topological polar surface area (TPSA) is 43.4 Å². The summed E-state index contributed by atoms with van der Waals surface area (Å²) >= 11 is 3.32. The third-order valence-electron chi connectivity index (χ3n) is 3.14. The van der Waals surface area contributed by atoms with Crippen LogP contribution < -0.4 is 14.8 Å². The van der Waals surface area contributed by atoms with E-state index in [1.807, 2.05) is 18.2 Å². The molecule has 0 saturated heterocycles. The SMILES string of the molecule is Cl.c1cc(Cc2csc(Nc3ccc4c(c3)OCO4)n2)cs1. The van der Waals surface area contributed by atoms with E-state index in [0.717, 1.165) is 34.4 Å². The average Bonchev–Trinajstić information content (AvgIpc) is 3.21. The fourth-order valence-corrected chi connectivity index (χ4v) is 3.54. The zero-order valence-corrected chi connectivity index (χ0v) is 13.9. The lowest BCUT2D eigenvalue weighted by Gasteiger charge is -2.03. The van der Waals surface area contributed by atoms with E-state index in [-0.39, 0.29) is 12.4 Å². The summed E-state index contributed by atoms with van der Waals surface area (Å²) in [5.41, 5.74) is 3.34. The number of hydrogen-bond acceptors (Lipinski definition) is 6. The van der Waals surface area contributed by atoms with Crippen molar-refractivity contribution in [3.8, 4) is 11.5 Å². The van der Waals surface area contributed by atoms with Gasteiger partial charge in [0.05, 0.1) is 5.69 Å². The van der Waals surface area contributed by atoms with Crippen molar-refractivity contribution in [3.63, 3.8) is 0 Å². The number of hydrogen-bond donors (Lipinski definition) is 1. The lowest BCUT2D eigenvalue weighted by atomic mass is 10.2. The van der Waals surface area contributed by atoms with Crippen molar-refractivity contribution in [2.75, 3.05) is 12.1 Å². The summed E-state index contributed by atoms with van der Waals surface area (Å²) < 4.78 is 10.7. The third kappa shape index (κ3) is 3.19. The van der Waals surface area contributed by atoms with Crippen LogP contribution >= 0.6 is 35.1 Å². The molecule has 3 aromatic rings. The van der Waals surface area contributed by atoms with Gasteiger partial charge in [-0.25, -0.2) is 4.98 Å². The van der Waals surface area contributed by atoms with Gasteiger partial charge in [0.1, 0.15) is 0 Å². The van der Waals surface area contributed by atoms with Crippen molar-refractivity contribution < 1.29 is 9.47 Å². The Balaban J connectivity index is 0.00000144. The van der Waals surface area contributed by atoms with E-state index in [9.17, 15) is 0 Å². The van der Waals surface area contributed by atoms with Gasteiger partial charge in [-0.05, 0) is 34.5 Å². The summed E-state index contributed by atoms with van der Waals surface area (Å²) in [6, 6.07) is 7.94. The van der Waals surface area contributed by atoms with Crippen LogP contribution in [0.2, 0.25) is 0 Å². The molecule has 4 nitrogen and oxygen atoms in total. The number of thiazole rings is 1. The molecule has 3 heterocycles. The Morgan fingerprint density at radius 1 is 1.14 bits per heavy atom. The van der Waals surface area contributed by atoms with Crippen LogP contribution in [0.4, 0.5) is 10.8 Å². The van der Waals surface area contributed by atoms with Gasteiger partial charge in [0.2, 0.25) is 6.79 Å². The maximum Gasteiger partial charge on any atom is 0.231 e. The Morgan fingerprint density at radius 3 is 2.91 bits per heavy atom. The molecular formula is C15H13ClN2O2S2. The smallest absolute Gasteiger partial charge is 0.231 e. The molecule has 0 unspecified atom stereocenters. The van der Waals surface area contributed by atoms with Gasteiger partial charge in [-0.1, -0.05) is 0 Å². The summed E-state index contributed by atoms with van der Waals surface area (Å²) in [5.74, 6) is 1.56. The van der Waals surface area contributed by atoms with Crippen molar-refractivity contribution in [1.82, 2.24) is 4.98 Å². The molecule has 114 valence electrons. The second-order valence-corrected chi connectivity index (χ2v) is 6.28. The predicted octanol–water partition coefficient (Wildman–Crippen LogP) is 4.69. The molecule has 7 heteroatoms. The first-order valence-corrected chi connectivity index (χ1v) is 8.31. The highest BCUT2D eigenvalue weighted by molar-refractivity contribution is 7.13. The van der Waals surface area contributed by atoms with Crippen LogP contribution in [-0.2, 0) is 6.42 Å². The summed E-state index contributed by atoms with van der Waals surface area (Å²) in [5, 5.41) is 10.5. The molecule has 0 fully saturated rings. The van der Waals surface area contributed by atoms with Gasteiger partial charge in [0.15, 0.2) is 16.6 Å². The first-order valence-electron chi connectivity index (χ1n) is 6.49. The highest BCUT2D eigenvalue weighted by Gasteiger charge is 2.13. The first kappa shape index (κ1) is 15.1. The van der Waals surface area contributed by atoms with E-state index < -0.39 is 0 Å². The van der Waals surface area contributed by atoms with Crippen LogP contribution in [0.25, 0.3) is 0 Å². The van der Waals surface area contributed by atoms with Gasteiger partial charge >= 0.3 is 0 Å². The fourth-order valence-electron chi connectivity index (χ4n) is 2.15. The number of thiophene rings is 1. The molecule has 0 bridgehead atoms. The Hall–Kier alpha value is -1.76. The Morgan fingerprint density at radius 2 is 2.05 bits per heavy atom. The number of fused-ring (bicyclic) bond motifs is 1. The summed E-state index contributed by atoms with van der Waals surface area (Å²) in [6.45, 7) is 0.292. The zero-order chi connectivity index (χ0) is 14.1. The van der Waals surface area contributed by atoms with Crippen LogP contribution in [0.15, 0.2) is 40.4 Å². The zero-order valence-electron chi connectivity index (χ0n) is 11.4. The number of nitrogens with zero attached hydrogens (tertiary/aromatic N) is 1. The number of halogens is 1. The van der Waals surface area contributed by atoms with Crippen molar-refractivity contribution in [1.29, 1.82) is 0 Å². The molecule has 0 atom stereocenters. The van der Waals surface area contributed by atoms with Gasteiger partial charge in [-0.3, -0.25) is 0 Å². The van der Waals surface area contributed by atoms with Crippen LogP contribution in [0, 0.1) is 0 Å². The molecule has 4 rings (SSSR count).